The second kappa shape index (κ2) is 10.8. The molecule has 6 rings (SSSR count). The standard InChI is InChI=1S/C27H27ClN4O4S2/c28-21-5-4-20-18(9-10-29-15-27(20)35-24(33)7-8-25(34)36-27)19(21)13-37-23-6-3-17(12-30-23)22-14-38-26(32-22)31-11-16-1-2-16/h3-6,12,14,16,29H,1-2,7-11,13,15H2,(H,31,32). The smallest absolute Gasteiger partial charge is 0.309 e. The van der Waals surface area contributed by atoms with E-state index in [0.717, 1.165) is 45.0 Å². The van der Waals surface area contributed by atoms with E-state index in [2.05, 4.69) is 21.0 Å². The molecular weight excluding hydrogens is 544 g/mol. The zero-order valence-corrected chi connectivity index (χ0v) is 23.0. The van der Waals surface area contributed by atoms with Gasteiger partial charge in [0.2, 0.25) is 0 Å². The highest BCUT2D eigenvalue weighted by molar-refractivity contribution is 7.98. The quantitative estimate of drug-likeness (QED) is 0.295. The summed E-state index contributed by atoms with van der Waals surface area (Å²) in [5.74, 6) is -1.02. The van der Waals surface area contributed by atoms with Crippen molar-refractivity contribution >= 4 is 51.8 Å². The van der Waals surface area contributed by atoms with Crippen molar-refractivity contribution in [2.24, 2.45) is 5.92 Å². The van der Waals surface area contributed by atoms with Gasteiger partial charge >= 0.3 is 11.9 Å². The first-order valence-corrected chi connectivity index (χ1v) is 15.0. The summed E-state index contributed by atoms with van der Waals surface area (Å²) in [6.45, 7) is 1.83. The average Bonchev–Trinajstić information content (AvgIpc) is 3.68. The van der Waals surface area contributed by atoms with Crippen molar-refractivity contribution in [3.8, 4) is 11.3 Å². The summed E-state index contributed by atoms with van der Waals surface area (Å²) in [5.41, 5.74) is 4.41. The Hall–Kier alpha value is -2.66. The van der Waals surface area contributed by atoms with Crippen LogP contribution in [-0.4, -0.2) is 41.5 Å². The Morgan fingerprint density at radius 1 is 1.13 bits per heavy atom. The molecule has 0 amide bonds. The zero-order valence-electron chi connectivity index (χ0n) is 20.6. The topological polar surface area (TPSA) is 102 Å². The first-order chi connectivity index (χ1) is 18.5. The Kier molecular flexibility index (Phi) is 7.31. The number of ether oxygens (including phenoxy) is 2. The van der Waals surface area contributed by atoms with Gasteiger partial charge in [-0.1, -0.05) is 11.6 Å². The lowest BCUT2D eigenvalue weighted by atomic mass is 9.94. The molecule has 1 saturated heterocycles. The number of hydrogen-bond donors (Lipinski definition) is 2. The third-order valence-corrected chi connectivity index (χ3v) is 9.05. The number of thioether (sulfide) groups is 1. The molecule has 0 unspecified atom stereocenters. The molecular formula is C27H27ClN4O4S2. The van der Waals surface area contributed by atoms with Crippen LogP contribution in [0.15, 0.2) is 40.9 Å². The first-order valence-electron chi connectivity index (χ1n) is 12.7. The van der Waals surface area contributed by atoms with E-state index in [1.165, 1.54) is 12.8 Å². The number of carbonyl (C=O) groups is 2. The number of fused-ring (bicyclic) bond motifs is 2. The fourth-order valence-corrected chi connectivity index (χ4v) is 6.67. The lowest BCUT2D eigenvalue weighted by Gasteiger charge is -2.32. The molecule has 3 aromatic rings. The normalized spacial score (nSPS) is 18.8. The summed E-state index contributed by atoms with van der Waals surface area (Å²) in [6, 6.07) is 7.61. The molecule has 1 aromatic carbocycles. The highest BCUT2D eigenvalue weighted by Gasteiger charge is 2.45. The number of rotatable bonds is 7. The van der Waals surface area contributed by atoms with Crippen molar-refractivity contribution in [1.29, 1.82) is 0 Å². The number of thiazole rings is 1. The number of anilines is 1. The van der Waals surface area contributed by atoms with Crippen LogP contribution in [0.1, 0.15) is 42.4 Å². The maximum atomic E-state index is 12.4. The van der Waals surface area contributed by atoms with E-state index in [1.807, 2.05) is 18.3 Å². The molecule has 3 aliphatic rings. The summed E-state index contributed by atoms with van der Waals surface area (Å²) in [7, 11) is 0. The number of esters is 2. The van der Waals surface area contributed by atoms with Gasteiger partial charge in [-0.05, 0) is 67.1 Å². The van der Waals surface area contributed by atoms with Gasteiger partial charge in [0.25, 0.3) is 5.79 Å². The van der Waals surface area contributed by atoms with Gasteiger partial charge in [-0.15, -0.1) is 23.1 Å². The van der Waals surface area contributed by atoms with Crippen molar-refractivity contribution in [3.05, 3.63) is 57.6 Å². The van der Waals surface area contributed by atoms with Gasteiger partial charge in [0.15, 0.2) is 5.13 Å². The van der Waals surface area contributed by atoms with Crippen molar-refractivity contribution < 1.29 is 19.1 Å². The molecule has 2 fully saturated rings. The third-order valence-electron chi connectivity index (χ3n) is 6.92. The lowest BCUT2D eigenvalue weighted by molar-refractivity contribution is -0.225. The monoisotopic (exact) mass is 570 g/mol. The summed E-state index contributed by atoms with van der Waals surface area (Å²) >= 11 is 9.86. The molecule has 198 valence electrons. The molecule has 8 nitrogen and oxygen atoms in total. The maximum Gasteiger partial charge on any atom is 0.309 e. The van der Waals surface area contributed by atoms with Crippen molar-refractivity contribution in [2.45, 2.75) is 48.7 Å². The molecule has 2 N–H and O–H groups in total. The zero-order chi connectivity index (χ0) is 26.1. The molecule has 2 aromatic heterocycles. The maximum absolute atomic E-state index is 12.4. The van der Waals surface area contributed by atoms with Crippen LogP contribution >= 0.6 is 34.7 Å². The van der Waals surface area contributed by atoms with Crippen LogP contribution in [-0.2, 0) is 37.0 Å². The van der Waals surface area contributed by atoms with Gasteiger partial charge < -0.3 is 20.1 Å². The number of nitrogens with one attached hydrogen (secondary N) is 2. The van der Waals surface area contributed by atoms with Crippen LogP contribution < -0.4 is 10.6 Å². The van der Waals surface area contributed by atoms with E-state index in [9.17, 15) is 9.59 Å². The van der Waals surface area contributed by atoms with Gasteiger partial charge in [-0.25, -0.2) is 9.97 Å². The number of hydrogen-bond acceptors (Lipinski definition) is 10. The minimum atomic E-state index is -1.49. The largest absolute Gasteiger partial charge is 0.416 e. The van der Waals surface area contributed by atoms with Crippen LogP contribution in [0.5, 0.6) is 0 Å². The lowest BCUT2D eigenvalue weighted by Crippen LogP contribution is -2.43. The average molecular weight is 571 g/mol. The molecule has 1 saturated carbocycles. The van der Waals surface area contributed by atoms with Gasteiger partial charge in [0.05, 0.1) is 30.1 Å². The van der Waals surface area contributed by atoms with E-state index in [0.29, 0.717) is 29.3 Å². The van der Waals surface area contributed by atoms with E-state index in [4.69, 9.17) is 26.1 Å². The van der Waals surface area contributed by atoms with Crippen molar-refractivity contribution in [3.63, 3.8) is 0 Å². The first kappa shape index (κ1) is 25.6. The second-order valence-corrected chi connectivity index (χ2v) is 12.0. The number of nitrogens with zero attached hydrogens (tertiary/aromatic N) is 2. The summed E-state index contributed by atoms with van der Waals surface area (Å²) in [6.07, 6.45) is 5.14. The number of aromatic nitrogens is 2. The van der Waals surface area contributed by atoms with E-state index >= 15 is 0 Å². The number of carbonyl (C=O) groups excluding carboxylic acids is 2. The van der Waals surface area contributed by atoms with Crippen LogP contribution in [0.3, 0.4) is 0 Å². The second-order valence-electron chi connectivity index (χ2n) is 9.72. The number of pyridine rings is 1. The van der Waals surface area contributed by atoms with E-state index in [-0.39, 0.29) is 19.4 Å². The van der Waals surface area contributed by atoms with Crippen LogP contribution in [0.4, 0.5) is 5.13 Å². The predicted molar refractivity (Wildman–Crippen MR) is 147 cm³/mol. The minimum absolute atomic E-state index is 0.00702. The molecule has 1 aliphatic carbocycles. The molecule has 0 atom stereocenters. The summed E-state index contributed by atoms with van der Waals surface area (Å²) in [4.78, 5) is 34.1. The highest BCUT2D eigenvalue weighted by Crippen LogP contribution is 2.40. The summed E-state index contributed by atoms with van der Waals surface area (Å²) < 4.78 is 11.5. The SMILES string of the molecule is O=C1CCC(=O)OC2(CNCCc3c2ccc(Cl)c3CSc2ccc(-c3csc(NCC4CC4)n3)cn2)O1. The fourth-order valence-electron chi connectivity index (χ4n) is 4.71. The van der Waals surface area contributed by atoms with Crippen molar-refractivity contribution in [1.82, 2.24) is 15.3 Å². The Morgan fingerprint density at radius 2 is 1.95 bits per heavy atom. The van der Waals surface area contributed by atoms with Crippen LogP contribution in [0, 0.1) is 5.92 Å². The third kappa shape index (κ3) is 5.54. The van der Waals surface area contributed by atoms with Gasteiger partial charge in [-0.2, -0.15) is 0 Å². The van der Waals surface area contributed by atoms with Gasteiger partial charge in [0, 0.05) is 40.0 Å². The molecule has 38 heavy (non-hydrogen) atoms. The Bertz CT molecular complexity index is 1340. The molecule has 11 heteroatoms. The van der Waals surface area contributed by atoms with Gasteiger partial charge in [-0.3, -0.25) is 9.59 Å². The molecule has 0 bridgehead atoms. The molecule has 1 spiro atoms. The number of halogens is 1. The molecule has 4 heterocycles. The van der Waals surface area contributed by atoms with Crippen LogP contribution in [0.2, 0.25) is 5.02 Å². The van der Waals surface area contributed by atoms with Crippen molar-refractivity contribution in [2.75, 3.05) is 25.0 Å². The molecule has 0 radical (unpaired) electrons. The fraction of sp³-hybridized carbons (Fsp3) is 0.407. The Labute approximate surface area is 233 Å². The Balaban J connectivity index is 1.20. The highest BCUT2D eigenvalue weighted by atomic mass is 35.5. The van der Waals surface area contributed by atoms with Gasteiger partial charge in [0.1, 0.15) is 0 Å². The number of benzene rings is 1. The van der Waals surface area contributed by atoms with E-state index < -0.39 is 17.7 Å². The summed E-state index contributed by atoms with van der Waals surface area (Å²) in [5, 5.41) is 11.2. The van der Waals surface area contributed by atoms with E-state index in [1.54, 1.807) is 35.2 Å². The Morgan fingerprint density at radius 3 is 2.68 bits per heavy atom. The van der Waals surface area contributed by atoms with Crippen LogP contribution in [0.25, 0.3) is 11.3 Å². The predicted octanol–water partition coefficient (Wildman–Crippen LogP) is 5.15. The minimum Gasteiger partial charge on any atom is -0.416 e. The molecule has 2 aliphatic heterocycles.